The molecule has 2 fully saturated rings. The average molecular weight is 319 g/mol. The molecule has 0 radical (unpaired) electrons. The molecule has 1 aromatic rings. The minimum absolute atomic E-state index is 0.0632. The van der Waals surface area contributed by atoms with E-state index in [0.717, 1.165) is 24.2 Å². The summed E-state index contributed by atoms with van der Waals surface area (Å²) in [5, 5.41) is 5.51. The molecule has 1 amide bonds. The maximum Gasteiger partial charge on any atom is 0.411 e. The molecular weight excluding hydrogens is 303 g/mol. The molecule has 0 atom stereocenters. The van der Waals surface area contributed by atoms with Crippen molar-refractivity contribution in [3.05, 3.63) is 10.4 Å². The van der Waals surface area contributed by atoms with Gasteiger partial charge in [0, 0.05) is 12.6 Å². The predicted molar refractivity (Wildman–Crippen MR) is 75.7 cm³/mol. The summed E-state index contributed by atoms with van der Waals surface area (Å²) in [7, 11) is 1.48. The molecule has 0 aromatic carbocycles. The van der Waals surface area contributed by atoms with Gasteiger partial charge in [-0.3, -0.25) is 4.79 Å². The standard InChI is InChI=1S/C13H16F3N3OS/c1-18-10(20)9-8(17)7(6-2-3-6)11(21-9)19-12(4-5-12)13(14,15)16/h6,19H,2-5,17H2,1H3,(H,18,20). The molecule has 3 rings (SSSR count). The summed E-state index contributed by atoms with van der Waals surface area (Å²) >= 11 is 1.02. The maximum absolute atomic E-state index is 13.1. The molecule has 21 heavy (non-hydrogen) atoms. The van der Waals surface area contributed by atoms with Gasteiger partial charge in [-0.1, -0.05) is 0 Å². The number of carbonyl (C=O) groups excluding carboxylic acids is 1. The molecule has 116 valence electrons. The van der Waals surface area contributed by atoms with Gasteiger partial charge in [0.05, 0.1) is 10.7 Å². The second-order valence-corrected chi connectivity index (χ2v) is 6.67. The Morgan fingerprint density at radius 1 is 1.38 bits per heavy atom. The van der Waals surface area contributed by atoms with E-state index in [0.29, 0.717) is 21.1 Å². The van der Waals surface area contributed by atoms with Crippen LogP contribution in [-0.4, -0.2) is 24.7 Å². The highest BCUT2D eigenvalue weighted by atomic mass is 32.1. The fourth-order valence-corrected chi connectivity index (χ4v) is 3.68. The molecule has 2 aliphatic rings. The molecule has 4 nitrogen and oxygen atoms in total. The molecule has 0 aliphatic heterocycles. The number of amides is 1. The summed E-state index contributed by atoms with van der Waals surface area (Å²) in [5.41, 5.74) is 5.17. The van der Waals surface area contributed by atoms with Crippen LogP contribution in [0.4, 0.5) is 23.9 Å². The van der Waals surface area contributed by atoms with Crippen LogP contribution in [0.15, 0.2) is 0 Å². The highest BCUT2D eigenvalue weighted by Gasteiger charge is 2.64. The van der Waals surface area contributed by atoms with Crippen LogP contribution in [0.5, 0.6) is 0 Å². The molecule has 0 unspecified atom stereocenters. The summed E-state index contributed by atoms with van der Waals surface area (Å²) in [6.07, 6.45) is -2.36. The normalized spacial score (nSPS) is 20.2. The second kappa shape index (κ2) is 4.53. The van der Waals surface area contributed by atoms with Crippen LogP contribution in [-0.2, 0) is 0 Å². The molecule has 0 saturated heterocycles. The van der Waals surface area contributed by atoms with Gasteiger partial charge in [0.2, 0.25) is 0 Å². The van der Waals surface area contributed by atoms with Crippen LogP contribution in [0.1, 0.15) is 46.8 Å². The zero-order valence-electron chi connectivity index (χ0n) is 11.4. The molecular formula is C13H16F3N3OS. The van der Waals surface area contributed by atoms with Crippen molar-refractivity contribution in [2.24, 2.45) is 0 Å². The van der Waals surface area contributed by atoms with E-state index in [9.17, 15) is 18.0 Å². The van der Waals surface area contributed by atoms with E-state index in [1.165, 1.54) is 7.05 Å². The molecule has 1 heterocycles. The van der Waals surface area contributed by atoms with Gasteiger partial charge in [-0.25, -0.2) is 0 Å². The van der Waals surface area contributed by atoms with E-state index in [4.69, 9.17) is 5.73 Å². The fraction of sp³-hybridized carbons (Fsp3) is 0.615. The number of rotatable bonds is 4. The van der Waals surface area contributed by atoms with Crippen molar-refractivity contribution in [2.45, 2.75) is 43.3 Å². The van der Waals surface area contributed by atoms with Gasteiger partial charge in [-0.05, 0) is 31.6 Å². The van der Waals surface area contributed by atoms with Crippen LogP contribution < -0.4 is 16.4 Å². The van der Waals surface area contributed by atoms with E-state index >= 15 is 0 Å². The largest absolute Gasteiger partial charge is 0.411 e. The van der Waals surface area contributed by atoms with Crippen LogP contribution >= 0.6 is 11.3 Å². The summed E-state index contributed by atoms with van der Waals surface area (Å²) in [6, 6.07) is 0. The van der Waals surface area contributed by atoms with Crippen molar-refractivity contribution in [1.82, 2.24) is 5.32 Å². The van der Waals surface area contributed by atoms with Crippen LogP contribution in [0.2, 0.25) is 0 Å². The zero-order chi connectivity index (χ0) is 15.4. The van der Waals surface area contributed by atoms with Gasteiger partial charge in [0.1, 0.15) is 10.4 Å². The Labute approximate surface area is 123 Å². The van der Waals surface area contributed by atoms with Gasteiger partial charge in [0.25, 0.3) is 5.91 Å². The Morgan fingerprint density at radius 2 is 2.00 bits per heavy atom. The smallest absolute Gasteiger partial charge is 0.397 e. The Kier molecular flexibility index (Phi) is 3.12. The average Bonchev–Trinajstić information content (AvgIpc) is 3.29. The van der Waals surface area contributed by atoms with Gasteiger partial charge < -0.3 is 16.4 Å². The number of nitrogens with two attached hydrogens (primary N) is 1. The van der Waals surface area contributed by atoms with Crippen LogP contribution in [0, 0.1) is 0 Å². The van der Waals surface area contributed by atoms with Crippen molar-refractivity contribution in [3.8, 4) is 0 Å². The first-order chi connectivity index (χ1) is 9.79. The van der Waals surface area contributed by atoms with Gasteiger partial charge in [0.15, 0.2) is 0 Å². The number of nitrogen functional groups attached to an aromatic ring is 1. The van der Waals surface area contributed by atoms with Crippen molar-refractivity contribution in [3.63, 3.8) is 0 Å². The number of anilines is 2. The third kappa shape index (κ3) is 2.35. The number of carbonyl (C=O) groups is 1. The first-order valence-corrected chi connectivity index (χ1v) is 7.60. The first kappa shape index (κ1) is 14.5. The van der Waals surface area contributed by atoms with Crippen molar-refractivity contribution in [2.75, 3.05) is 18.1 Å². The number of alkyl halides is 3. The maximum atomic E-state index is 13.1. The van der Waals surface area contributed by atoms with Crippen LogP contribution in [0.25, 0.3) is 0 Å². The number of hydrogen-bond donors (Lipinski definition) is 3. The third-order valence-corrected chi connectivity index (χ3v) is 5.18. The monoisotopic (exact) mass is 319 g/mol. The number of halogens is 3. The number of hydrogen-bond acceptors (Lipinski definition) is 4. The molecule has 1 aromatic heterocycles. The molecule has 0 bridgehead atoms. The van der Waals surface area contributed by atoms with E-state index < -0.39 is 11.7 Å². The summed E-state index contributed by atoms with van der Waals surface area (Å²) in [5.74, 6) is -0.185. The summed E-state index contributed by atoms with van der Waals surface area (Å²) in [6.45, 7) is 0. The predicted octanol–water partition coefficient (Wildman–Crippen LogP) is 3.07. The van der Waals surface area contributed by atoms with E-state index in [2.05, 4.69) is 10.6 Å². The number of nitrogens with one attached hydrogen (secondary N) is 2. The second-order valence-electron chi connectivity index (χ2n) is 5.65. The van der Waals surface area contributed by atoms with Gasteiger partial charge >= 0.3 is 6.18 Å². The highest BCUT2D eigenvalue weighted by Crippen LogP contribution is 2.56. The third-order valence-electron chi connectivity index (χ3n) is 4.05. The topological polar surface area (TPSA) is 67.2 Å². The van der Waals surface area contributed by atoms with Crippen molar-refractivity contribution >= 4 is 27.9 Å². The molecule has 4 N–H and O–H groups in total. The lowest BCUT2D eigenvalue weighted by Gasteiger charge is -2.21. The zero-order valence-corrected chi connectivity index (χ0v) is 12.3. The summed E-state index contributed by atoms with van der Waals surface area (Å²) in [4.78, 5) is 12.1. The molecule has 8 heteroatoms. The van der Waals surface area contributed by atoms with E-state index in [1.807, 2.05) is 0 Å². The fourth-order valence-electron chi connectivity index (χ4n) is 2.43. The lowest BCUT2D eigenvalue weighted by atomic mass is 10.1. The Hall–Kier alpha value is -1.44. The van der Waals surface area contributed by atoms with Gasteiger partial charge in [-0.2, -0.15) is 13.2 Å². The highest BCUT2D eigenvalue weighted by molar-refractivity contribution is 7.18. The van der Waals surface area contributed by atoms with E-state index in [-0.39, 0.29) is 24.7 Å². The van der Waals surface area contributed by atoms with E-state index in [1.54, 1.807) is 0 Å². The SMILES string of the molecule is CNC(=O)c1sc(NC2(C(F)(F)F)CC2)c(C2CC2)c1N. The minimum atomic E-state index is -4.29. The summed E-state index contributed by atoms with van der Waals surface area (Å²) < 4.78 is 39.3. The van der Waals surface area contributed by atoms with Crippen molar-refractivity contribution in [1.29, 1.82) is 0 Å². The first-order valence-electron chi connectivity index (χ1n) is 6.78. The Bertz CT molecular complexity index is 588. The Balaban J connectivity index is 1.97. The van der Waals surface area contributed by atoms with Crippen molar-refractivity contribution < 1.29 is 18.0 Å². The molecule has 2 aliphatic carbocycles. The van der Waals surface area contributed by atoms with Gasteiger partial charge in [-0.15, -0.1) is 11.3 Å². The molecule has 0 spiro atoms. The minimum Gasteiger partial charge on any atom is -0.397 e. The van der Waals surface area contributed by atoms with Crippen LogP contribution in [0.3, 0.4) is 0 Å². The number of thiophene rings is 1. The lowest BCUT2D eigenvalue weighted by molar-refractivity contribution is -0.151. The Morgan fingerprint density at radius 3 is 2.43 bits per heavy atom. The lowest BCUT2D eigenvalue weighted by Crippen LogP contribution is -2.38. The quantitative estimate of drug-likeness (QED) is 0.799. The molecule has 2 saturated carbocycles.